The maximum Gasteiger partial charge on any atom is 0.187 e. The molecule has 0 radical (unpaired) electrons. The third-order valence-electron chi connectivity index (χ3n) is 14.0. The number of ether oxygens (including phenoxy) is 7. The first-order valence-electron chi connectivity index (χ1n) is 23.6. The van der Waals surface area contributed by atoms with Gasteiger partial charge in [-0.3, -0.25) is 0 Å². The third kappa shape index (κ3) is 10.5. The fourth-order valence-corrected chi connectivity index (χ4v) is 9.68. The molecule has 4 aliphatic heterocycles. The molecule has 0 bridgehead atoms. The molecule has 8 unspecified atom stereocenters. The summed E-state index contributed by atoms with van der Waals surface area (Å²) in [6, 6.07) is 9.45. The highest BCUT2D eigenvalue weighted by Crippen LogP contribution is 2.35. The average molecular weight is 986 g/mol. The fourth-order valence-electron chi connectivity index (χ4n) is 9.68. The molecule has 19 atom stereocenters. The number of piperazine rings is 1. The van der Waals surface area contributed by atoms with Gasteiger partial charge in [-0.1, -0.05) is 5.21 Å². The van der Waals surface area contributed by atoms with Crippen LogP contribution in [0, 0.1) is 0 Å². The van der Waals surface area contributed by atoms with Crippen LogP contribution < -0.4 is 44.0 Å². The van der Waals surface area contributed by atoms with Crippen molar-refractivity contribution < 1.29 is 63.8 Å². The zero-order valence-electron chi connectivity index (χ0n) is 38.6. The molecule has 4 saturated heterocycles. The van der Waals surface area contributed by atoms with E-state index in [4.69, 9.17) is 72.5 Å². The summed E-state index contributed by atoms with van der Waals surface area (Å²) in [4.78, 5) is 13.0. The Morgan fingerprint density at radius 3 is 1.94 bits per heavy atom. The number of H-pyrrole nitrogens is 1. The Balaban J connectivity index is 0.879. The Bertz CT molecular complexity index is 2320. The summed E-state index contributed by atoms with van der Waals surface area (Å²) in [6.45, 7) is 3.56. The van der Waals surface area contributed by atoms with Gasteiger partial charge in [0.2, 0.25) is 0 Å². The van der Waals surface area contributed by atoms with Crippen LogP contribution in [0.4, 0.5) is 5.69 Å². The summed E-state index contributed by atoms with van der Waals surface area (Å²) in [6.07, 6.45) is -18.6. The van der Waals surface area contributed by atoms with Crippen molar-refractivity contribution in [3.8, 4) is 17.1 Å². The number of benzene rings is 2. The van der Waals surface area contributed by atoms with Crippen LogP contribution in [0.1, 0.15) is 12.1 Å². The molecule has 1 saturated carbocycles. The molecule has 2 aromatic heterocycles. The number of nitrogens with zero attached hydrogens (tertiary/aromatic N) is 6. The Morgan fingerprint density at radius 2 is 1.30 bits per heavy atom. The lowest BCUT2D eigenvalue weighted by atomic mass is 9.84. The minimum atomic E-state index is -1.64. The number of anilines is 1. The van der Waals surface area contributed by atoms with Crippen molar-refractivity contribution in [2.24, 2.45) is 34.4 Å². The number of aliphatic hydroxyl groups excluding tert-OH is 6. The highest BCUT2D eigenvalue weighted by atomic mass is 16.8. The Hall–Kier alpha value is -4.11. The van der Waals surface area contributed by atoms with Gasteiger partial charge in [-0.05, 0) is 55.9 Å². The maximum atomic E-state index is 11.9. The molecule has 1 aliphatic carbocycles. The van der Waals surface area contributed by atoms with E-state index in [-0.39, 0.29) is 32.7 Å². The first-order chi connectivity index (χ1) is 33.6. The SMILES string of the molecule is CN1CCN(c2ccc3nc(-c4ccc(OCc5cn(CC6OC(OC7[C@H](O[C@H]8OC(CN)[C@@H](O)[C@H](O)C8N)C(N)C[C@@H](N)[C@H]7O)[C@@H](O)[C@H]6O[C@H]6O[C@@H](CN)[C@@H](O)C(O)C6N)nn5)cc4)[nH]c3c2)CC1. The minimum Gasteiger partial charge on any atom is -0.487 e. The summed E-state index contributed by atoms with van der Waals surface area (Å²) in [5.41, 5.74) is 41.2. The normalized spacial score (nSPS) is 38.6. The monoisotopic (exact) mass is 985 g/mol. The second-order valence-corrected chi connectivity index (χ2v) is 18.9. The van der Waals surface area contributed by atoms with Crippen molar-refractivity contribution in [3.63, 3.8) is 0 Å². The average Bonchev–Trinajstić information content (AvgIpc) is 4.08. The largest absolute Gasteiger partial charge is 0.487 e. The van der Waals surface area contributed by atoms with Gasteiger partial charge in [-0.2, -0.15) is 0 Å². The van der Waals surface area contributed by atoms with E-state index in [9.17, 15) is 30.6 Å². The summed E-state index contributed by atoms with van der Waals surface area (Å²) in [7, 11) is 2.14. The number of aromatic nitrogens is 5. The number of fused-ring (bicyclic) bond motifs is 1. The van der Waals surface area contributed by atoms with Crippen LogP contribution in [-0.2, 0) is 41.6 Å². The molecule has 386 valence electrons. The first-order valence-corrected chi connectivity index (χ1v) is 23.6. The lowest BCUT2D eigenvalue weighted by molar-refractivity contribution is -0.306. The van der Waals surface area contributed by atoms with Gasteiger partial charge in [0.05, 0.1) is 42.0 Å². The number of hydrogen-bond donors (Lipinski definition) is 13. The summed E-state index contributed by atoms with van der Waals surface area (Å²) >= 11 is 0. The molecule has 2 aromatic carbocycles. The highest BCUT2D eigenvalue weighted by Gasteiger charge is 2.54. The van der Waals surface area contributed by atoms with Crippen molar-refractivity contribution >= 4 is 16.7 Å². The predicted molar refractivity (Wildman–Crippen MR) is 247 cm³/mol. The van der Waals surface area contributed by atoms with Gasteiger partial charge in [0.15, 0.2) is 18.9 Å². The second-order valence-electron chi connectivity index (χ2n) is 18.9. The lowest BCUT2D eigenvalue weighted by Gasteiger charge is -2.47. The Kier molecular flexibility index (Phi) is 15.6. The van der Waals surface area contributed by atoms with Gasteiger partial charge in [0.25, 0.3) is 0 Å². The van der Waals surface area contributed by atoms with Crippen molar-refractivity contribution in [3.05, 3.63) is 54.4 Å². The van der Waals surface area contributed by atoms with Crippen molar-refractivity contribution in [1.29, 1.82) is 0 Å². The smallest absolute Gasteiger partial charge is 0.187 e. The standard InChI is InChI=1S/C44H67N13O13/c1-55-8-10-56(11-9-55)21-4-7-25-26(12-21)52-41(51-25)19-2-5-22(6-3-19)64-18-20-16-57(54-53-20)17-29-39(69-43-31(50)36(62)34(60)28(15-46)66-43)37(63)44(67-29)70-40-32(58)23(47)13-24(48)38(40)68-42-30(49)35(61)33(59)27(14-45)65-42/h2-7,12,16,23-24,27-40,42-44,58-63H,8-11,13-15,17-18,45-50H2,1H3,(H,51,52)/t23-,24?,27?,28+,29?,30?,31?,32-,33-,34-,35-,36?,37+,38-,39+,40?,42-,43-,44?/m1/s1. The predicted octanol–water partition coefficient (Wildman–Crippen LogP) is -5.72. The van der Waals surface area contributed by atoms with E-state index < -0.39 is 116 Å². The van der Waals surface area contributed by atoms with Crippen molar-refractivity contribution in [1.82, 2.24) is 29.9 Å². The zero-order chi connectivity index (χ0) is 49.5. The quantitative estimate of drug-likeness (QED) is 0.0528. The van der Waals surface area contributed by atoms with Gasteiger partial charge in [0.1, 0.15) is 91.0 Å². The number of imidazole rings is 1. The van der Waals surface area contributed by atoms with Crippen LogP contribution in [0.2, 0.25) is 0 Å². The molecule has 5 fully saturated rings. The van der Waals surface area contributed by atoms with Crippen molar-refractivity contribution in [2.75, 3.05) is 51.2 Å². The van der Waals surface area contributed by atoms with E-state index in [0.29, 0.717) is 11.4 Å². The molecule has 6 heterocycles. The van der Waals surface area contributed by atoms with E-state index in [0.717, 1.165) is 54.3 Å². The molecule has 0 amide bonds. The van der Waals surface area contributed by atoms with Crippen LogP contribution in [-0.4, -0.2) is 223 Å². The van der Waals surface area contributed by atoms with Gasteiger partial charge >= 0.3 is 0 Å². The van der Waals surface area contributed by atoms with Gasteiger partial charge < -0.3 is 113 Å². The molecular weight excluding hydrogens is 919 g/mol. The van der Waals surface area contributed by atoms with Crippen LogP contribution in [0.15, 0.2) is 48.7 Å². The van der Waals surface area contributed by atoms with Gasteiger partial charge in [-0.15, -0.1) is 5.10 Å². The summed E-state index contributed by atoms with van der Waals surface area (Å²) in [5, 5.41) is 74.2. The number of aliphatic hydroxyl groups is 6. The van der Waals surface area contributed by atoms with E-state index in [2.05, 4.69) is 44.3 Å². The molecule has 19 N–H and O–H groups in total. The number of aromatic amines is 1. The molecule has 26 nitrogen and oxygen atoms in total. The number of hydrogen-bond acceptors (Lipinski definition) is 24. The molecule has 0 spiro atoms. The van der Waals surface area contributed by atoms with E-state index in [1.807, 2.05) is 30.3 Å². The molecule has 26 heteroatoms. The van der Waals surface area contributed by atoms with E-state index >= 15 is 0 Å². The fraction of sp³-hybridized carbons (Fsp3) is 0.659. The minimum absolute atomic E-state index is 0.0438. The first kappa shape index (κ1) is 50.8. The highest BCUT2D eigenvalue weighted by molar-refractivity contribution is 5.83. The number of nitrogens with two attached hydrogens (primary N) is 6. The number of rotatable bonds is 15. The summed E-state index contributed by atoms with van der Waals surface area (Å²) in [5.74, 6) is 1.31. The molecule has 5 aliphatic rings. The summed E-state index contributed by atoms with van der Waals surface area (Å²) < 4.78 is 44.2. The van der Waals surface area contributed by atoms with Crippen molar-refractivity contribution in [2.45, 2.75) is 136 Å². The number of nitrogens with one attached hydrogen (secondary N) is 1. The Morgan fingerprint density at radius 1 is 0.686 bits per heavy atom. The van der Waals surface area contributed by atoms with Crippen LogP contribution in [0.5, 0.6) is 5.75 Å². The Labute approximate surface area is 402 Å². The molecular formula is C44H67N13O13. The van der Waals surface area contributed by atoms with E-state index in [1.54, 1.807) is 6.20 Å². The van der Waals surface area contributed by atoms with Crippen LogP contribution in [0.3, 0.4) is 0 Å². The molecule has 4 aromatic rings. The zero-order valence-corrected chi connectivity index (χ0v) is 38.6. The van der Waals surface area contributed by atoms with E-state index in [1.165, 1.54) is 4.68 Å². The lowest BCUT2D eigenvalue weighted by Crippen LogP contribution is -2.68. The number of likely N-dealkylation sites (N-methyl/N-ethyl adjacent to an activating group) is 1. The van der Waals surface area contributed by atoms with Gasteiger partial charge in [0, 0.05) is 62.6 Å². The second kappa shape index (κ2) is 21.5. The molecule has 70 heavy (non-hydrogen) atoms. The topological polar surface area (TPSA) is 408 Å². The third-order valence-corrected chi connectivity index (χ3v) is 14.0. The van der Waals surface area contributed by atoms with Crippen LogP contribution >= 0.6 is 0 Å². The molecule has 9 rings (SSSR count). The maximum absolute atomic E-state index is 11.9. The van der Waals surface area contributed by atoms with Crippen LogP contribution in [0.25, 0.3) is 22.4 Å². The van der Waals surface area contributed by atoms with Gasteiger partial charge in [-0.25, -0.2) is 9.67 Å².